The average molecular weight is 216 g/mol. The molecule has 1 atom stereocenters. The molecule has 0 amide bonds. The van der Waals surface area contributed by atoms with E-state index in [0.717, 1.165) is 0 Å². The van der Waals surface area contributed by atoms with Gasteiger partial charge in [0.25, 0.3) is 0 Å². The van der Waals surface area contributed by atoms with Crippen molar-refractivity contribution >= 4 is 5.97 Å². The number of hydrogen-bond acceptors (Lipinski definition) is 4. The average Bonchev–Trinajstić information content (AvgIpc) is 2.15. The largest absolute Gasteiger partial charge is 0.463 e. The van der Waals surface area contributed by atoms with Gasteiger partial charge in [-0.15, -0.1) is 0 Å². The molecular formula is C11H20O4. The first-order valence-corrected chi connectivity index (χ1v) is 5.06. The summed E-state index contributed by atoms with van der Waals surface area (Å²) in [5.41, 5.74) is -0.834. The standard InChI is InChI=1S/C11H20O4/c1-4-15-10(12)6-5-7-11(2,13)8-9-14-3/h5-6,13H,4,7-9H2,1-3H3. The zero-order chi connectivity index (χ0) is 11.7. The molecule has 0 heterocycles. The Hall–Kier alpha value is -0.870. The molecule has 0 bridgehead atoms. The van der Waals surface area contributed by atoms with E-state index in [9.17, 15) is 9.90 Å². The van der Waals surface area contributed by atoms with E-state index < -0.39 is 5.60 Å². The Labute approximate surface area is 90.9 Å². The maximum Gasteiger partial charge on any atom is 0.330 e. The highest BCUT2D eigenvalue weighted by Gasteiger charge is 2.17. The minimum atomic E-state index is -0.834. The third kappa shape index (κ3) is 8.15. The second kappa shape index (κ2) is 7.43. The van der Waals surface area contributed by atoms with Crippen LogP contribution in [0.1, 0.15) is 26.7 Å². The maximum atomic E-state index is 10.9. The Bertz CT molecular complexity index is 209. The molecule has 4 nitrogen and oxygen atoms in total. The lowest BCUT2D eigenvalue weighted by Crippen LogP contribution is -2.25. The molecule has 0 aromatic heterocycles. The van der Waals surface area contributed by atoms with E-state index in [1.54, 1.807) is 27.0 Å². The van der Waals surface area contributed by atoms with Gasteiger partial charge in [0.05, 0.1) is 12.2 Å². The molecule has 0 rings (SSSR count). The van der Waals surface area contributed by atoms with Gasteiger partial charge in [-0.05, 0) is 26.7 Å². The third-order valence-electron chi connectivity index (χ3n) is 1.94. The molecular weight excluding hydrogens is 196 g/mol. The number of hydrogen-bond donors (Lipinski definition) is 1. The van der Waals surface area contributed by atoms with Crippen LogP contribution in [0.5, 0.6) is 0 Å². The van der Waals surface area contributed by atoms with Crippen molar-refractivity contribution in [3.05, 3.63) is 12.2 Å². The summed E-state index contributed by atoms with van der Waals surface area (Å²) in [6.45, 7) is 4.32. The van der Waals surface area contributed by atoms with Gasteiger partial charge in [-0.25, -0.2) is 4.79 Å². The van der Waals surface area contributed by atoms with Gasteiger partial charge in [0.2, 0.25) is 0 Å². The SMILES string of the molecule is CCOC(=O)C=CCC(C)(O)CCOC. The van der Waals surface area contributed by atoms with Crippen molar-refractivity contribution in [1.29, 1.82) is 0 Å². The van der Waals surface area contributed by atoms with Crippen molar-refractivity contribution in [2.24, 2.45) is 0 Å². The predicted octanol–water partition coefficient (Wildman–Crippen LogP) is 1.28. The van der Waals surface area contributed by atoms with Crippen LogP contribution in [-0.4, -0.2) is 37.0 Å². The van der Waals surface area contributed by atoms with Crippen LogP contribution in [0, 0.1) is 0 Å². The van der Waals surface area contributed by atoms with Crippen LogP contribution in [0.2, 0.25) is 0 Å². The molecule has 0 radical (unpaired) electrons. The first kappa shape index (κ1) is 14.1. The van der Waals surface area contributed by atoms with Gasteiger partial charge >= 0.3 is 5.97 Å². The molecule has 88 valence electrons. The van der Waals surface area contributed by atoms with Gasteiger partial charge in [-0.2, -0.15) is 0 Å². The lowest BCUT2D eigenvalue weighted by molar-refractivity contribution is -0.137. The molecule has 0 aliphatic rings. The summed E-state index contributed by atoms with van der Waals surface area (Å²) in [7, 11) is 1.59. The van der Waals surface area contributed by atoms with Crippen LogP contribution in [0.25, 0.3) is 0 Å². The Morgan fingerprint density at radius 2 is 2.20 bits per heavy atom. The fraction of sp³-hybridized carbons (Fsp3) is 0.727. The summed E-state index contributed by atoms with van der Waals surface area (Å²) < 4.78 is 9.57. The highest BCUT2D eigenvalue weighted by molar-refractivity contribution is 5.81. The van der Waals surface area contributed by atoms with E-state index in [1.165, 1.54) is 6.08 Å². The Balaban J connectivity index is 3.85. The lowest BCUT2D eigenvalue weighted by atomic mass is 9.98. The number of carbonyl (C=O) groups is 1. The van der Waals surface area contributed by atoms with Gasteiger partial charge < -0.3 is 14.6 Å². The molecule has 0 saturated heterocycles. The number of methoxy groups -OCH3 is 1. The van der Waals surface area contributed by atoms with Crippen molar-refractivity contribution in [2.75, 3.05) is 20.3 Å². The molecule has 0 aromatic carbocycles. The lowest BCUT2D eigenvalue weighted by Gasteiger charge is -2.20. The molecule has 0 spiro atoms. The normalized spacial score (nSPS) is 15.2. The molecule has 0 saturated carbocycles. The van der Waals surface area contributed by atoms with Gasteiger partial charge in [0.1, 0.15) is 0 Å². The predicted molar refractivity (Wildman–Crippen MR) is 57.5 cm³/mol. The molecule has 0 aromatic rings. The van der Waals surface area contributed by atoms with Crippen LogP contribution >= 0.6 is 0 Å². The van der Waals surface area contributed by atoms with Crippen molar-refractivity contribution in [1.82, 2.24) is 0 Å². The molecule has 15 heavy (non-hydrogen) atoms. The van der Waals surface area contributed by atoms with E-state index >= 15 is 0 Å². The summed E-state index contributed by atoms with van der Waals surface area (Å²) >= 11 is 0. The minimum Gasteiger partial charge on any atom is -0.463 e. The van der Waals surface area contributed by atoms with E-state index in [1.807, 2.05) is 0 Å². The molecule has 0 aliphatic heterocycles. The van der Waals surface area contributed by atoms with Gasteiger partial charge in [-0.1, -0.05) is 6.08 Å². The summed E-state index contributed by atoms with van der Waals surface area (Å²) in [5, 5.41) is 9.80. The molecule has 0 fully saturated rings. The Morgan fingerprint density at radius 3 is 2.73 bits per heavy atom. The number of carbonyl (C=O) groups excluding carboxylic acids is 1. The van der Waals surface area contributed by atoms with E-state index in [0.29, 0.717) is 26.1 Å². The van der Waals surface area contributed by atoms with Crippen molar-refractivity contribution in [3.8, 4) is 0 Å². The Morgan fingerprint density at radius 1 is 1.53 bits per heavy atom. The van der Waals surface area contributed by atoms with Crippen molar-refractivity contribution < 1.29 is 19.4 Å². The van der Waals surface area contributed by atoms with Gasteiger partial charge in [-0.3, -0.25) is 0 Å². The summed E-state index contributed by atoms with van der Waals surface area (Å²) in [5.74, 6) is -0.375. The zero-order valence-electron chi connectivity index (χ0n) is 9.66. The quantitative estimate of drug-likeness (QED) is 0.514. The molecule has 1 N–H and O–H groups in total. The first-order valence-electron chi connectivity index (χ1n) is 5.06. The molecule has 4 heteroatoms. The van der Waals surface area contributed by atoms with Crippen molar-refractivity contribution in [3.63, 3.8) is 0 Å². The van der Waals surface area contributed by atoms with Crippen LogP contribution < -0.4 is 0 Å². The third-order valence-corrected chi connectivity index (χ3v) is 1.94. The summed E-state index contributed by atoms with van der Waals surface area (Å²) in [6.07, 6.45) is 3.91. The molecule has 0 aliphatic carbocycles. The van der Waals surface area contributed by atoms with E-state index in [2.05, 4.69) is 0 Å². The second-order valence-corrected chi connectivity index (χ2v) is 3.60. The summed E-state index contributed by atoms with van der Waals surface area (Å²) in [4.78, 5) is 10.9. The van der Waals surface area contributed by atoms with Gasteiger partial charge in [0, 0.05) is 19.8 Å². The topological polar surface area (TPSA) is 55.8 Å². The van der Waals surface area contributed by atoms with E-state index in [4.69, 9.17) is 9.47 Å². The van der Waals surface area contributed by atoms with Crippen LogP contribution in [0.3, 0.4) is 0 Å². The van der Waals surface area contributed by atoms with Crippen LogP contribution in [0.4, 0.5) is 0 Å². The highest BCUT2D eigenvalue weighted by atomic mass is 16.5. The molecule has 1 unspecified atom stereocenters. The maximum absolute atomic E-state index is 10.9. The number of aliphatic hydroxyl groups is 1. The fourth-order valence-corrected chi connectivity index (χ4v) is 1.02. The second-order valence-electron chi connectivity index (χ2n) is 3.60. The van der Waals surface area contributed by atoms with Crippen molar-refractivity contribution in [2.45, 2.75) is 32.3 Å². The summed E-state index contributed by atoms with van der Waals surface area (Å²) in [6, 6.07) is 0. The first-order chi connectivity index (χ1) is 7.02. The zero-order valence-corrected chi connectivity index (χ0v) is 9.66. The smallest absolute Gasteiger partial charge is 0.330 e. The van der Waals surface area contributed by atoms with E-state index in [-0.39, 0.29) is 5.97 Å². The monoisotopic (exact) mass is 216 g/mol. The van der Waals surface area contributed by atoms with Crippen LogP contribution in [-0.2, 0) is 14.3 Å². The number of rotatable bonds is 7. The Kier molecular flexibility index (Phi) is 6.99. The number of ether oxygens (including phenoxy) is 2. The van der Waals surface area contributed by atoms with Crippen LogP contribution in [0.15, 0.2) is 12.2 Å². The minimum absolute atomic E-state index is 0.364. The van der Waals surface area contributed by atoms with Gasteiger partial charge in [0.15, 0.2) is 0 Å². The number of esters is 1. The highest BCUT2D eigenvalue weighted by Crippen LogP contribution is 2.14. The fourth-order valence-electron chi connectivity index (χ4n) is 1.02.